The molecule has 4 aromatic rings. The highest BCUT2D eigenvalue weighted by Crippen LogP contribution is 2.30. The molecule has 1 saturated heterocycles. The van der Waals surface area contributed by atoms with Crippen LogP contribution in [0.15, 0.2) is 67.5 Å². The van der Waals surface area contributed by atoms with Crippen LogP contribution in [0.2, 0.25) is 0 Å². The van der Waals surface area contributed by atoms with Crippen LogP contribution in [-0.4, -0.2) is 76.3 Å². The molecule has 0 spiro atoms. The Kier molecular flexibility index (Phi) is 7.65. The molecule has 0 bridgehead atoms. The third-order valence-electron chi connectivity index (χ3n) is 6.91. The Labute approximate surface area is 233 Å². The van der Waals surface area contributed by atoms with Gasteiger partial charge in [0.2, 0.25) is 5.82 Å². The zero-order valence-corrected chi connectivity index (χ0v) is 21.8. The molecule has 14 nitrogen and oxygen atoms in total. The number of nitrogen functional groups attached to an aromatic ring is 1. The Bertz CT molecular complexity index is 1570. The molecule has 0 unspecified atom stereocenters. The van der Waals surface area contributed by atoms with Gasteiger partial charge in [0.05, 0.1) is 22.9 Å². The fraction of sp³-hybridized carbons (Fsp3) is 0.259. The van der Waals surface area contributed by atoms with Crippen LogP contribution in [0.5, 0.6) is 0 Å². The number of aliphatic carboxylic acids is 1. The Morgan fingerprint density at radius 2 is 1.95 bits per heavy atom. The summed E-state index contributed by atoms with van der Waals surface area (Å²) in [6.07, 6.45) is 8.38. The Hall–Kier alpha value is -5.24. The molecule has 1 aromatic carbocycles. The fourth-order valence-electron chi connectivity index (χ4n) is 4.89. The number of pyridine rings is 1. The summed E-state index contributed by atoms with van der Waals surface area (Å²) < 4.78 is 3.71. The van der Waals surface area contributed by atoms with Crippen LogP contribution < -0.4 is 11.1 Å². The van der Waals surface area contributed by atoms with E-state index in [0.717, 1.165) is 11.3 Å². The lowest BCUT2D eigenvalue weighted by atomic mass is 10.0. The number of amides is 1. The van der Waals surface area contributed by atoms with Crippen LogP contribution in [0.3, 0.4) is 0 Å². The van der Waals surface area contributed by atoms with Crippen molar-refractivity contribution in [2.75, 3.05) is 24.1 Å². The van der Waals surface area contributed by atoms with Crippen molar-refractivity contribution in [3.8, 4) is 16.8 Å². The second-order valence-corrected chi connectivity index (χ2v) is 9.68. The van der Waals surface area contributed by atoms with E-state index in [4.69, 9.17) is 5.73 Å². The number of rotatable bonds is 10. The van der Waals surface area contributed by atoms with Gasteiger partial charge in [-0.3, -0.25) is 14.9 Å². The normalized spacial score (nSPS) is 16.6. The summed E-state index contributed by atoms with van der Waals surface area (Å²) in [7, 11) is 0. The third kappa shape index (κ3) is 5.86. The number of carboxylic acid groups (broad SMARTS) is 1. The van der Waals surface area contributed by atoms with Crippen LogP contribution >= 0.6 is 0 Å². The van der Waals surface area contributed by atoms with Crippen LogP contribution in [0.4, 0.5) is 17.3 Å². The van der Waals surface area contributed by atoms with E-state index in [-0.39, 0.29) is 24.5 Å². The minimum atomic E-state index is -1.16. The smallest absolute Gasteiger partial charge is 0.326 e. The maximum absolute atomic E-state index is 13.6. The van der Waals surface area contributed by atoms with Crippen molar-refractivity contribution in [1.82, 2.24) is 24.0 Å². The number of nitrogens with one attached hydrogen (secondary N) is 1. The summed E-state index contributed by atoms with van der Waals surface area (Å²) >= 11 is 0. The summed E-state index contributed by atoms with van der Waals surface area (Å²) in [6, 6.07) is 9.22. The average Bonchev–Trinajstić information content (AvgIpc) is 3.71. The first kappa shape index (κ1) is 27.3. The predicted octanol–water partition coefficient (Wildman–Crippen LogP) is 2.39. The number of aliphatic hydroxyl groups is 1. The molecule has 1 fully saturated rings. The largest absolute Gasteiger partial charge is 0.480 e. The molecule has 14 heteroatoms. The average molecular weight is 561 g/mol. The van der Waals surface area contributed by atoms with Crippen LogP contribution in [0.1, 0.15) is 23.2 Å². The summed E-state index contributed by atoms with van der Waals surface area (Å²) in [4.78, 5) is 45.1. The van der Waals surface area contributed by atoms with Crippen LogP contribution in [-0.2, 0) is 11.3 Å². The monoisotopic (exact) mass is 560 g/mol. The van der Waals surface area contributed by atoms with Gasteiger partial charge in [0.15, 0.2) is 0 Å². The highest BCUT2D eigenvalue weighted by atomic mass is 16.6. The van der Waals surface area contributed by atoms with E-state index in [0.29, 0.717) is 36.5 Å². The zero-order chi connectivity index (χ0) is 29.1. The highest BCUT2D eigenvalue weighted by molar-refractivity contribution is 6.02. The van der Waals surface area contributed by atoms with Crippen LogP contribution in [0.25, 0.3) is 16.8 Å². The number of aromatic nitrogens is 4. The summed E-state index contributed by atoms with van der Waals surface area (Å²) in [5.41, 5.74) is 8.02. The molecule has 0 aliphatic carbocycles. The molecule has 0 radical (unpaired) electrons. The number of likely N-dealkylation sites (tertiary alicyclic amines) is 1. The molecule has 1 amide bonds. The number of hydrogen-bond acceptors (Lipinski definition) is 9. The highest BCUT2D eigenvalue weighted by Gasteiger charge is 2.40. The number of nitrogens with zero attached hydrogens (tertiary/aromatic N) is 6. The van der Waals surface area contributed by atoms with Gasteiger partial charge in [-0.1, -0.05) is 12.1 Å². The van der Waals surface area contributed by atoms with Gasteiger partial charge in [0.1, 0.15) is 11.9 Å². The lowest BCUT2D eigenvalue weighted by Gasteiger charge is -2.21. The van der Waals surface area contributed by atoms with Gasteiger partial charge >= 0.3 is 11.7 Å². The molecule has 0 saturated carbocycles. The van der Waals surface area contributed by atoms with E-state index in [1.54, 1.807) is 18.7 Å². The van der Waals surface area contributed by atoms with Crippen molar-refractivity contribution in [3.05, 3.63) is 83.2 Å². The maximum Gasteiger partial charge on any atom is 0.326 e. The molecule has 3 aromatic heterocycles. The third-order valence-corrected chi connectivity index (χ3v) is 6.91. The molecule has 41 heavy (non-hydrogen) atoms. The molecule has 5 rings (SSSR count). The van der Waals surface area contributed by atoms with Gasteiger partial charge in [-0.2, -0.15) is 0 Å². The summed E-state index contributed by atoms with van der Waals surface area (Å²) in [5.74, 6) is -1.40. The molecule has 1 aliphatic heterocycles. The number of aryl methyl sites for hydroxylation is 1. The molecular formula is C27H28N8O6. The number of carboxylic acids is 1. The van der Waals surface area contributed by atoms with E-state index in [9.17, 15) is 29.9 Å². The maximum atomic E-state index is 13.6. The topological polar surface area (TPSA) is 195 Å². The summed E-state index contributed by atoms with van der Waals surface area (Å²) in [5, 5.41) is 33.8. The molecular weight excluding hydrogens is 532 g/mol. The zero-order valence-electron chi connectivity index (χ0n) is 21.8. The van der Waals surface area contributed by atoms with Crippen molar-refractivity contribution in [1.29, 1.82) is 0 Å². The molecule has 4 heterocycles. The first-order chi connectivity index (χ1) is 19.7. The molecule has 5 N–H and O–H groups in total. The van der Waals surface area contributed by atoms with Gasteiger partial charge in [-0.05, 0) is 30.2 Å². The van der Waals surface area contributed by atoms with Gasteiger partial charge in [0, 0.05) is 68.2 Å². The number of nitro groups is 1. The van der Waals surface area contributed by atoms with Gasteiger partial charge < -0.3 is 35.3 Å². The second-order valence-electron chi connectivity index (χ2n) is 9.68. The fourth-order valence-corrected chi connectivity index (χ4v) is 4.89. The standard InChI is InChI=1S/C27H28N8O6/c28-25-22(35(40)41)6-7-24(31-25)30-8-1-10-32-14-20(17-2-4-18(5-3-17)33-11-9-29-16-33)21(15-32)26(37)34-13-19(36)12-23(34)27(38)39/h2-7,9,11,14-16,19,23,36H,1,8,10,12-13H2,(H,38,39)(H3,28,30,31)/t19-,23+/m1/s1. The lowest BCUT2D eigenvalue weighted by Crippen LogP contribution is -2.40. The van der Waals surface area contributed by atoms with Gasteiger partial charge in [-0.25, -0.2) is 14.8 Å². The SMILES string of the molecule is Nc1nc(NCCCn2cc(C(=O)N3C[C@H](O)C[C@H]3C(=O)O)c(-c3ccc(-n4ccnc4)cc3)c2)ccc1[N+](=O)[O-]. The molecule has 212 valence electrons. The quantitative estimate of drug-likeness (QED) is 0.127. The molecule has 1 aliphatic rings. The number of carbonyl (C=O) groups is 2. The minimum Gasteiger partial charge on any atom is -0.480 e. The number of aliphatic hydroxyl groups excluding tert-OH is 1. The van der Waals surface area contributed by atoms with Crippen molar-refractivity contribution >= 4 is 29.2 Å². The summed E-state index contributed by atoms with van der Waals surface area (Å²) in [6.45, 7) is 0.920. The Morgan fingerprint density at radius 1 is 1.17 bits per heavy atom. The number of imidazole rings is 1. The van der Waals surface area contributed by atoms with Crippen LogP contribution in [0, 0.1) is 10.1 Å². The van der Waals surface area contributed by atoms with Crippen molar-refractivity contribution in [2.45, 2.75) is 31.5 Å². The first-order valence-corrected chi connectivity index (χ1v) is 12.9. The Balaban J connectivity index is 1.35. The van der Waals surface area contributed by atoms with E-state index >= 15 is 0 Å². The van der Waals surface area contributed by atoms with Gasteiger partial charge in [-0.15, -0.1) is 0 Å². The van der Waals surface area contributed by atoms with Crippen molar-refractivity contribution in [2.24, 2.45) is 0 Å². The predicted molar refractivity (Wildman–Crippen MR) is 148 cm³/mol. The van der Waals surface area contributed by atoms with Gasteiger partial charge in [0.25, 0.3) is 5.91 Å². The number of anilines is 2. The molecule has 2 atom stereocenters. The van der Waals surface area contributed by atoms with E-state index in [2.05, 4.69) is 15.3 Å². The number of hydrogen-bond donors (Lipinski definition) is 4. The number of β-amino-alcohol motifs (C(OH)–C–C–N with tert-alkyl or cyclic N) is 1. The van der Waals surface area contributed by atoms with E-state index in [1.807, 2.05) is 45.8 Å². The number of carbonyl (C=O) groups excluding carboxylic acids is 1. The Morgan fingerprint density at radius 3 is 2.61 bits per heavy atom. The van der Waals surface area contributed by atoms with Crippen molar-refractivity contribution < 1.29 is 24.7 Å². The van der Waals surface area contributed by atoms with E-state index in [1.165, 1.54) is 17.0 Å². The van der Waals surface area contributed by atoms with Crippen molar-refractivity contribution in [3.63, 3.8) is 0 Å². The number of benzene rings is 1. The number of nitrogens with two attached hydrogens (primary N) is 1. The lowest BCUT2D eigenvalue weighted by molar-refractivity contribution is -0.384. The van der Waals surface area contributed by atoms with E-state index < -0.39 is 28.9 Å². The first-order valence-electron chi connectivity index (χ1n) is 12.9. The second kappa shape index (κ2) is 11.5. The minimum absolute atomic E-state index is 0.0242.